The van der Waals surface area contributed by atoms with Crippen molar-refractivity contribution in [3.63, 3.8) is 0 Å². The van der Waals surface area contributed by atoms with Crippen LogP contribution in [0.5, 0.6) is 0 Å². The highest BCUT2D eigenvalue weighted by Gasteiger charge is 2.23. The molecule has 2 aromatic rings. The SMILES string of the molecule is CCn1c(SC(C)C(=O)NC(=O)NC2CCCCC2)nnc1-c1cccc(Cl)c1. The number of carbonyl (C=O) groups excluding carboxylic acids is 2. The fourth-order valence-electron chi connectivity index (χ4n) is 3.40. The molecule has 0 bridgehead atoms. The standard InChI is InChI=1S/C20H26ClN5O2S/c1-3-26-17(14-8-7-9-15(21)12-14)24-25-20(26)29-13(2)18(27)23-19(28)22-16-10-5-4-6-11-16/h7-9,12-13,16H,3-6,10-11H2,1-2H3,(H2,22,23,27,28). The molecule has 0 aliphatic heterocycles. The van der Waals surface area contributed by atoms with Crippen LogP contribution in [-0.4, -0.2) is 38.0 Å². The van der Waals surface area contributed by atoms with Crippen LogP contribution in [0.15, 0.2) is 29.4 Å². The number of urea groups is 1. The Hall–Kier alpha value is -2.06. The van der Waals surface area contributed by atoms with E-state index in [-0.39, 0.29) is 11.9 Å². The predicted octanol–water partition coefficient (Wildman–Crippen LogP) is 4.26. The largest absolute Gasteiger partial charge is 0.335 e. The monoisotopic (exact) mass is 435 g/mol. The van der Waals surface area contributed by atoms with Crippen molar-refractivity contribution in [3.8, 4) is 11.4 Å². The van der Waals surface area contributed by atoms with Gasteiger partial charge in [-0.1, -0.05) is 54.8 Å². The highest BCUT2D eigenvalue weighted by molar-refractivity contribution is 8.00. The summed E-state index contributed by atoms with van der Waals surface area (Å²) in [6.07, 6.45) is 5.39. The zero-order valence-electron chi connectivity index (χ0n) is 16.7. The lowest BCUT2D eigenvalue weighted by Gasteiger charge is -2.23. The van der Waals surface area contributed by atoms with E-state index in [1.165, 1.54) is 18.2 Å². The number of hydrogen-bond donors (Lipinski definition) is 2. The molecule has 7 nitrogen and oxygen atoms in total. The third-order valence-electron chi connectivity index (χ3n) is 4.94. The topological polar surface area (TPSA) is 88.9 Å². The maximum atomic E-state index is 12.5. The molecular formula is C20H26ClN5O2S. The van der Waals surface area contributed by atoms with E-state index in [9.17, 15) is 9.59 Å². The molecule has 3 amide bonds. The van der Waals surface area contributed by atoms with E-state index >= 15 is 0 Å². The third kappa shape index (κ3) is 5.73. The van der Waals surface area contributed by atoms with Crippen molar-refractivity contribution in [2.45, 2.75) is 68.9 Å². The third-order valence-corrected chi connectivity index (χ3v) is 6.26. The lowest BCUT2D eigenvalue weighted by Crippen LogP contribution is -2.47. The molecule has 1 saturated carbocycles. The number of halogens is 1. The van der Waals surface area contributed by atoms with Crippen LogP contribution in [0.3, 0.4) is 0 Å². The molecular weight excluding hydrogens is 410 g/mol. The first-order chi connectivity index (χ1) is 14.0. The highest BCUT2D eigenvalue weighted by Crippen LogP contribution is 2.28. The average molecular weight is 436 g/mol. The van der Waals surface area contributed by atoms with E-state index in [1.54, 1.807) is 13.0 Å². The predicted molar refractivity (Wildman–Crippen MR) is 115 cm³/mol. The number of amides is 3. The molecule has 1 atom stereocenters. The second kappa shape index (κ2) is 10.1. The van der Waals surface area contributed by atoms with Gasteiger partial charge in [0, 0.05) is 23.2 Å². The number of rotatable bonds is 6. The number of benzene rings is 1. The number of nitrogens with one attached hydrogen (secondary N) is 2. The maximum absolute atomic E-state index is 12.5. The highest BCUT2D eigenvalue weighted by atomic mass is 35.5. The summed E-state index contributed by atoms with van der Waals surface area (Å²) in [7, 11) is 0. The molecule has 29 heavy (non-hydrogen) atoms. The Morgan fingerprint density at radius 1 is 1.28 bits per heavy atom. The molecule has 2 N–H and O–H groups in total. The molecule has 1 aromatic heterocycles. The summed E-state index contributed by atoms with van der Waals surface area (Å²) in [5.41, 5.74) is 0.864. The molecule has 1 unspecified atom stereocenters. The fourth-order valence-corrected chi connectivity index (χ4v) is 4.50. The van der Waals surface area contributed by atoms with Gasteiger partial charge in [-0.05, 0) is 38.8 Å². The smallest absolute Gasteiger partial charge is 0.321 e. The van der Waals surface area contributed by atoms with Gasteiger partial charge in [0.25, 0.3) is 0 Å². The van der Waals surface area contributed by atoms with Crippen LogP contribution >= 0.6 is 23.4 Å². The van der Waals surface area contributed by atoms with Crippen molar-refractivity contribution >= 4 is 35.3 Å². The molecule has 1 fully saturated rings. The zero-order chi connectivity index (χ0) is 20.8. The van der Waals surface area contributed by atoms with Crippen LogP contribution in [0.1, 0.15) is 46.0 Å². The quantitative estimate of drug-likeness (QED) is 0.662. The number of thioether (sulfide) groups is 1. The van der Waals surface area contributed by atoms with Crippen molar-refractivity contribution < 1.29 is 9.59 Å². The summed E-state index contributed by atoms with van der Waals surface area (Å²) in [4.78, 5) is 24.6. The minimum Gasteiger partial charge on any atom is -0.335 e. The number of nitrogens with zero attached hydrogens (tertiary/aromatic N) is 3. The van der Waals surface area contributed by atoms with Gasteiger partial charge >= 0.3 is 6.03 Å². The minimum atomic E-state index is -0.492. The molecule has 1 aliphatic carbocycles. The van der Waals surface area contributed by atoms with Gasteiger partial charge in [-0.25, -0.2) is 4.79 Å². The van der Waals surface area contributed by atoms with E-state index < -0.39 is 11.3 Å². The molecule has 1 aliphatic rings. The lowest BCUT2D eigenvalue weighted by molar-refractivity contribution is -0.119. The molecule has 0 radical (unpaired) electrons. The molecule has 1 heterocycles. The Morgan fingerprint density at radius 2 is 2.03 bits per heavy atom. The molecule has 3 rings (SSSR count). The summed E-state index contributed by atoms with van der Waals surface area (Å²) >= 11 is 7.36. The van der Waals surface area contributed by atoms with Crippen molar-refractivity contribution in [2.75, 3.05) is 0 Å². The first-order valence-electron chi connectivity index (χ1n) is 9.95. The van der Waals surface area contributed by atoms with Crippen molar-refractivity contribution in [1.82, 2.24) is 25.4 Å². The molecule has 0 spiro atoms. The Morgan fingerprint density at radius 3 is 2.72 bits per heavy atom. The summed E-state index contributed by atoms with van der Waals surface area (Å²) < 4.78 is 1.93. The summed E-state index contributed by atoms with van der Waals surface area (Å²) in [6.45, 7) is 4.39. The number of hydrogen-bond acceptors (Lipinski definition) is 5. The fraction of sp³-hybridized carbons (Fsp3) is 0.500. The van der Waals surface area contributed by atoms with Crippen molar-refractivity contribution in [3.05, 3.63) is 29.3 Å². The van der Waals surface area contributed by atoms with E-state index in [4.69, 9.17) is 11.6 Å². The molecule has 156 valence electrons. The van der Waals surface area contributed by atoms with E-state index in [2.05, 4.69) is 20.8 Å². The molecule has 0 saturated heterocycles. The second-order valence-corrected chi connectivity index (χ2v) is 8.86. The van der Waals surface area contributed by atoms with Crippen molar-refractivity contribution in [2.24, 2.45) is 0 Å². The van der Waals surface area contributed by atoms with Crippen LogP contribution in [0.25, 0.3) is 11.4 Å². The van der Waals surface area contributed by atoms with Crippen molar-refractivity contribution in [1.29, 1.82) is 0 Å². The number of imide groups is 1. The van der Waals surface area contributed by atoms with Gasteiger partial charge in [0.2, 0.25) is 5.91 Å². The van der Waals surface area contributed by atoms with E-state index in [0.717, 1.165) is 31.2 Å². The average Bonchev–Trinajstić information content (AvgIpc) is 3.11. The Balaban J connectivity index is 1.61. The van der Waals surface area contributed by atoms with Gasteiger partial charge in [0.1, 0.15) is 0 Å². The second-order valence-electron chi connectivity index (χ2n) is 7.12. The molecule has 9 heteroatoms. The normalized spacial score (nSPS) is 15.7. The first kappa shape index (κ1) is 21.6. The molecule has 1 aromatic carbocycles. The zero-order valence-corrected chi connectivity index (χ0v) is 18.2. The Bertz CT molecular complexity index is 866. The summed E-state index contributed by atoms with van der Waals surface area (Å²) in [6, 6.07) is 7.15. The van der Waals surface area contributed by atoms with Crippen LogP contribution in [0.4, 0.5) is 4.79 Å². The lowest BCUT2D eigenvalue weighted by atomic mass is 9.96. The van der Waals surface area contributed by atoms with Crippen LogP contribution < -0.4 is 10.6 Å². The van der Waals surface area contributed by atoms with Gasteiger partial charge in [-0.15, -0.1) is 10.2 Å². The van der Waals surface area contributed by atoms with Gasteiger partial charge in [-0.3, -0.25) is 10.1 Å². The van der Waals surface area contributed by atoms with Gasteiger partial charge in [0.15, 0.2) is 11.0 Å². The van der Waals surface area contributed by atoms with Gasteiger partial charge in [0.05, 0.1) is 5.25 Å². The summed E-state index contributed by atoms with van der Waals surface area (Å²) in [5.74, 6) is 0.346. The number of carbonyl (C=O) groups is 2. The first-order valence-corrected chi connectivity index (χ1v) is 11.2. The minimum absolute atomic E-state index is 0.156. The van der Waals surface area contributed by atoms with Crippen LogP contribution in [0, 0.1) is 0 Å². The van der Waals surface area contributed by atoms with Crippen LogP contribution in [0.2, 0.25) is 5.02 Å². The number of aromatic nitrogens is 3. The van der Waals surface area contributed by atoms with E-state index in [1.807, 2.05) is 29.7 Å². The van der Waals surface area contributed by atoms with Gasteiger partial charge < -0.3 is 9.88 Å². The van der Waals surface area contributed by atoms with E-state index in [0.29, 0.717) is 22.5 Å². The Kier molecular flexibility index (Phi) is 7.55. The van der Waals surface area contributed by atoms with Crippen LogP contribution in [-0.2, 0) is 11.3 Å². The Labute approximate surface area is 180 Å². The van der Waals surface area contributed by atoms with Gasteiger partial charge in [-0.2, -0.15) is 0 Å². The maximum Gasteiger partial charge on any atom is 0.321 e. The summed E-state index contributed by atoms with van der Waals surface area (Å²) in [5, 5.41) is 14.6.